The van der Waals surface area contributed by atoms with Crippen LogP contribution in [0.3, 0.4) is 0 Å². The van der Waals surface area contributed by atoms with Crippen molar-refractivity contribution >= 4 is 5.69 Å². The Bertz CT molecular complexity index is 356. The van der Waals surface area contributed by atoms with Crippen molar-refractivity contribution in [2.24, 2.45) is 5.41 Å². The van der Waals surface area contributed by atoms with Crippen LogP contribution in [-0.4, -0.2) is 18.3 Å². The number of aliphatic hydroxyl groups is 1. The number of hydrogen-bond acceptors (Lipinski definition) is 2. The highest BCUT2D eigenvalue weighted by atomic mass is 19.1. The van der Waals surface area contributed by atoms with E-state index in [-0.39, 0.29) is 18.8 Å². The second kappa shape index (κ2) is 4.74. The number of aliphatic hydroxyl groups excluding tert-OH is 1. The third kappa shape index (κ3) is 3.13. The lowest BCUT2D eigenvalue weighted by molar-refractivity contribution is 0.170. The van der Waals surface area contributed by atoms with Gasteiger partial charge in [-0.25, -0.2) is 13.2 Å². The molecule has 0 aliphatic carbocycles. The molecule has 0 aliphatic rings. The average molecular weight is 233 g/mol. The third-order valence-corrected chi connectivity index (χ3v) is 2.18. The molecule has 1 aromatic carbocycles. The first-order valence-corrected chi connectivity index (χ1v) is 4.85. The van der Waals surface area contributed by atoms with Crippen molar-refractivity contribution < 1.29 is 18.3 Å². The summed E-state index contributed by atoms with van der Waals surface area (Å²) < 4.78 is 39.0. The van der Waals surface area contributed by atoms with Crippen LogP contribution >= 0.6 is 0 Å². The Morgan fingerprint density at radius 3 is 2.12 bits per heavy atom. The van der Waals surface area contributed by atoms with Gasteiger partial charge in [0.2, 0.25) is 0 Å². The molecule has 0 saturated carbocycles. The molecular weight excluding hydrogens is 219 g/mol. The number of rotatable bonds is 4. The smallest absolute Gasteiger partial charge is 0.152 e. The highest BCUT2D eigenvalue weighted by Crippen LogP contribution is 2.22. The van der Waals surface area contributed by atoms with Gasteiger partial charge < -0.3 is 10.4 Å². The maximum atomic E-state index is 13.2. The molecule has 0 heterocycles. The SMILES string of the molecule is CC(C)(CO)CNc1c(F)cc(F)cc1F. The van der Waals surface area contributed by atoms with Gasteiger partial charge >= 0.3 is 0 Å². The lowest BCUT2D eigenvalue weighted by atomic mass is 9.95. The minimum Gasteiger partial charge on any atom is -0.396 e. The third-order valence-electron chi connectivity index (χ3n) is 2.18. The van der Waals surface area contributed by atoms with Gasteiger partial charge in [-0.1, -0.05) is 13.8 Å². The maximum absolute atomic E-state index is 13.2. The molecular formula is C11H14F3NO. The molecule has 0 amide bonds. The van der Waals surface area contributed by atoms with Gasteiger partial charge in [-0.05, 0) is 0 Å². The summed E-state index contributed by atoms with van der Waals surface area (Å²) in [4.78, 5) is 0. The Kier molecular flexibility index (Phi) is 3.80. The van der Waals surface area contributed by atoms with Crippen molar-refractivity contribution in [3.63, 3.8) is 0 Å². The van der Waals surface area contributed by atoms with Gasteiger partial charge in [-0.3, -0.25) is 0 Å². The van der Waals surface area contributed by atoms with Crippen molar-refractivity contribution in [2.75, 3.05) is 18.5 Å². The molecule has 2 nitrogen and oxygen atoms in total. The molecule has 0 atom stereocenters. The van der Waals surface area contributed by atoms with Crippen LogP contribution < -0.4 is 5.32 Å². The van der Waals surface area contributed by atoms with Gasteiger partial charge in [-0.15, -0.1) is 0 Å². The van der Waals surface area contributed by atoms with E-state index in [2.05, 4.69) is 5.32 Å². The number of hydrogen-bond donors (Lipinski definition) is 2. The van der Waals surface area contributed by atoms with Gasteiger partial charge in [-0.2, -0.15) is 0 Å². The van der Waals surface area contributed by atoms with E-state index in [0.717, 1.165) is 0 Å². The second-order valence-electron chi connectivity index (χ2n) is 4.42. The van der Waals surface area contributed by atoms with Crippen LogP contribution in [0, 0.1) is 22.9 Å². The Morgan fingerprint density at radius 1 is 1.19 bits per heavy atom. The molecule has 0 saturated heterocycles. The zero-order valence-corrected chi connectivity index (χ0v) is 9.15. The number of nitrogens with one attached hydrogen (secondary N) is 1. The van der Waals surface area contributed by atoms with Gasteiger partial charge in [0.25, 0.3) is 0 Å². The van der Waals surface area contributed by atoms with E-state index < -0.39 is 22.9 Å². The number of anilines is 1. The van der Waals surface area contributed by atoms with E-state index in [9.17, 15) is 13.2 Å². The van der Waals surface area contributed by atoms with E-state index in [1.54, 1.807) is 13.8 Å². The summed E-state index contributed by atoms with van der Waals surface area (Å²) in [6.07, 6.45) is 0. The summed E-state index contributed by atoms with van der Waals surface area (Å²) in [5, 5.41) is 11.5. The van der Waals surface area contributed by atoms with Crippen LogP contribution in [0.2, 0.25) is 0 Å². The van der Waals surface area contributed by atoms with Crippen LogP contribution in [0.5, 0.6) is 0 Å². The molecule has 90 valence electrons. The number of halogens is 3. The lowest BCUT2D eigenvalue weighted by Gasteiger charge is -2.22. The van der Waals surface area contributed by atoms with E-state index in [4.69, 9.17) is 5.11 Å². The quantitative estimate of drug-likeness (QED) is 0.837. The van der Waals surface area contributed by atoms with E-state index in [1.165, 1.54) is 0 Å². The van der Waals surface area contributed by atoms with Gasteiger partial charge in [0.05, 0.1) is 0 Å². The molecule has 0 aromatic heterocycles. The summed E-state index contributed by atoms with van der Waals surface area (Å²) in [5.41, 5.74) is -0.879. The molecule has 2 N–H and O–H groups in total. The summed E-state index contributed by atoms with van der Waals surface area (Å²) in [7, 11) is 0. The molecule has 5 heteroatoms. The van der Waals surface area contributed by atoms with Crippen molar-refractivity contribution in [2.45, 2.75) is 13.8 Å². The van der Waals surface area contributed by atoms with Crippen LogP contribution in [0.1, 0.15) is 13.8 Å². The first-order valence-electron chi connectivity index (χ1n) is 4.85. The van der Waals surface area contributed by atoms with Gasteiger partial charge in [0.1, 0.15) is 11.5 Å². The highest BCUT2D eigenvalue weighted by Gasteiger charge is 2.18. The van der Waals surface area contributed by atoms with Crippen LogP contribution in [0.4, 0.5) is 18.9 Å². The predicted molar refractivity (Wildman–Crippen MR) is 55.7 cm³/mol. The monoisotopic (exact) mass is 233 g/mol. The second-order valence-corrected chi connectivity index (χ2v) is 4.42. The molecule has 0 unspecified atom stereocenters. The molecule has 1 aromatic rings. The summed E-state index contributed by atoms with van der Waals surface area (Å²) in [6.45, 7) is 3.53. The number of benzene rings is 1. The van der Waals surface area contributed by atoms with E-state index in [1.807, 2.05) is 0 Å². The maximum Gasteiger partial charge on any atom is 0.152 e. The molecule has 0 bridgehead atoms. The Balaban J connectivity index is 2.82. The van der Waals surface area contributed by atoms with Crippen molar-refractivity contribution in [1.82, 2.24) is 0 Å². The fourth-order valence-corrected chi connectivity index (χ4v) is 1.09. The van der Waals surface area contributed by atoms with Gasteiger partial charge in [0.15, 0.2) is 11.6 Å². The molecule has 1 rings (SSSR count). The Hall–Kier alpha value is -1.23. The normalized spacial score (nSPS) is 11.6. The molecule has 16 heavy (non-hydrogen) atoms. The van der Waals surface area contributed by atoms with Crippen LogP contribution in [0.15, 0.2) is 12.1 Å². The zero-order chi connectivity index (χ0) is 12.3. The first-order chi connectivity index (χ1) is 7.35. The average Bonchev–Trinajstić information content (AvgIpc) is 2.16. The molecule has 0 aliphatic heterocycles. The topological polar surface area (TPSA) is 32.3 Å². The van der Waals surface area contributed by atoms with E-state index >= 15 is 0 Å². The fraction of sp³-hybridized carbons (Fsp3) is 0.455. The summed E-state index contributed by atoms with van der Waals surface area (Å²) in [5.74, 6) is -2.92. The van der Waals surface area contributed by atoms with E-state index in [0.29, 0.717) is 12.1 Å². The molecule has 0 radical (unpaired) electrons. The Labute approximate surface area is 92.1 Å². The highest BCUT2D eigenvalue weighted by molar-refractivity contribution is 5.46. The minimum atomic E-state index is -0.980. The van der Waals surface area contributed by atoms with Crippen molar-refractivity contribution in [3.05, 3.63) is 29.6 Å². The summed E-state index contributed by atoms with van der Waals surface area (Å²) >= 11 is 0. The summed E-state index contributed by atoms with van der Waals surface area (Å²) in [6, 6.07) is 1.22. The first kappa shape index (κ1) is 12.8. The minimum absolute atomic E-state index is 0.121. The molecule has 0 spiro atoms. The van der Waals surface area contributed by atoms with Crippen LogP contribution in [0.25, 0.3) is 0 Å². The zero-order valence-electron chi connectivity index (χ0n) is 9.15. The standard InChI is InChI=1S/C11H14F3NO/c1-11(2,6-16)5-15-10-8(13)3-7(12)4-9(10)14/h3-4,15-16H,5-6H2,1-2H3. The predicted octanol–water partition coefficient (Wildman–Crippen LogP) is 2.53. The molecule has 0 fully saturated rings. The van der Waals surface area contributed by atoms with Crippen LogP contribution in [-0.2, 0) is 0 Å². The fourth-order valence-electron chi connectivity index (χ4n) is 1.09. The Morgan fingerprint density at radius 2 is 1.69 bits per heavy atom. The van der Waals surface area contributed by atoms with Crippen molar-refractivity contribution in [1.29, 1.82) is 0 Å². The largest absolute Gasteiger partial charge is 0.396 e. The van der Waals surface area contributed by atoms with Gasteiger partial charge in [0, 0.05) is 30.7 Å². The lowest BCUT2D eigenvalue weighted by Crippen LogP contribution is -2.27. The van der Waals surface area contributed by atoms with Crippen molar-refractivity contribution in [3.8, 4) is 0 Å².